The number of thiocarbonyl (C=S) groups is 1. The number of rotatable bonds is 3. The maximum absolute atomic E-state index is 5.45. The molecule has 0 amide bonds. The van der Waals surface area contributed by atoms with Crippen molar-refractivity contribution < 1.29 is 0 Å². The van der Waals surface area contributed by atoms with E-state index in [1.165, 1.54) is 32.1 Å². The standard InChI is InChI=1S/C12H24N2S/c1-4-14(10(2)3)12(15)13-11-8-6-5-7-9-11/h10-11H,4-9H2,1-3H3,(H,13,15). The van der Waals surface area contributed by atoms with Crippen molar-refractivity contribution in [2.75, 3.05) is 6.54 Å². The van der Waals surface area contributed by atoms with Gasteiger partial charge in [0, 0.05) is 18.6 Å². The third kappa shape index (κ3) is 3.98. The molecule has 15 heavy (non-hydrogen) atoms. The summed E-state index contributed by atoms with van der Waals surface area (Å²) >= 11 is 5.45. The average Bonchev–Trinajstić information content (AvgIpc) is 2.19. The van der Waals surface area contributed by atoms with Gasteiger partial charge in [-0.05, 0) is 45.8 Å². The lowest BCUT2D eigenvalue weighted by atomic mass is 9.96. The fourth-order valence-corrected chi connectivity index (χ4v) is 2.75. The summed E-state index contributed by atoms with van der Waals surface area (Å²) in [7, 11) is 0. The summed E-state index contributed by atoms with van der Waals surface area (Å²) in [6.45, 7) is 7.54. The Balaban J connectivity index is 2.38. The highest BCUT2D eigenvalue weighted by Gasteiger charge is 2.17. The van der Waals surface area contributed by atoms with E-state index in [2.05, 4.69) is 31.0 Å². The Morgan fingerprint density at radius 2 is 1.93 bits per heavy atom. The molecule has 0 aromatic heterocycles. The fraction of sp³-hybridized carbons (Fsp3) is 0.917. The normalized spacial score (nSPS) is 17.9. The smallest absolute Gasteiger partial charge is 0.169 e. The van der Waals surface area contributed by atoms with Crippen LogP contribution in [0.4, 0.5) is 0 Å². The molecule has 0 atom stereocenters. The molecule has 0 aromatic rings. The highest BCUT2D eigenvalue weighted by atomic mass is 32.1. The molecule has 0 saturated heterocycles. The van der Waals surface area contributed by atoms with Crippen LogP contribution >= 0.6 is 12.2 Å². The molecule has 0 heterocycles. The molecular weight excluding hydrogens is 204 g/mol. The molecule has 88 valence electrons. The van der Waals surface area contributed by atoms with E-state index in [1.54, 1.807) is 0 Å². The van der Waals surface area contributed by atoms with Crippen LogP contribution in [-0.2, 0) is 0 Å². The molecule has 0 spiro atoms. The molecule has 2 nitrogen and oxygen atoms in total. The van der Waals surface area contributed by atoms with Gasteiger partial charge < -0.3 is 10.2 Å². The van der Waals surface area contributed by atoms with Crippen molar-refractivity contribution in [1.82, 2.24) is 10.2 Å². The summed E-state index contributed by atoms with van der Waals surface area (Å²) < 4.78 is 0. The monoisotopic (exact) mass is 228 g/mol. The SMILES string of the molecule is CCN(C(=S)NC1CCCCC1)C(C)C. The van der Waals surface area contributed by atoms with E-state index >= 15 is 0 Å². The summed E-state index contributed by atoms with van der Waals surface area (Å²) in [5.41, 5.74) is 0. The van der Waals surface area contributed by atoms with Crippen molar-refractivity contribution in [2.45, 2.75) is 65.0 Å². The summed E-state index contributed by atoms with van der Waals surface area (Å²) in [4.78, 5) is 2.25. The molecule has 1 fully saturated rings. The minimum Gasteiger partial charge on any atom is -0.360 e. The van der Waals surface area contributed by atoms with Crippen LogP contribution in [0.5, 0.6) is 0 Å². The minimum atomic E-state index is 0.499. The summed E-state index contributed by atoms with van der Waals surface area (Å²) in [6.07, 6.45) is 6.68. The minimum absolute atomic E-state index is 0.499. The molecule has 3 heteroatoms. The van der Waals surface area contributed by atoms with Gasteiger partial charge in [0.2, 0.25) is 0 Å². The van der Waals surface area contributed by atoms with Gasteiger partial charge >= 0.3 is 0 Å². The van der Waals surface area contributed by atoms with Gasteiger partial charge in [0.05, 0.1) is 0 Å². The van der Waals surface area contributed by atoms with Crippen LogP contribution in [-0.4, -0.2) is 28.6 Å². The Kier molecular flexibility index (Phi) is 5.37. The first-order valence-corrected chi connectivity index (χ1v) is 6.63. The fourth-order valence-electron chi connectivity index (χ4n) is 2.25. The Bertz CT molecular complexity index is 198. The maximum Gasteiger partial charge on any atom is 0.169 e. The molecule has 0 bridgehead atoms. The predicted octanol–water partition coefficient (Wildman–Crippen LogP) is 2.92. The van der Waals surface area contributed by atoms with E-state index in [0.29, 0.717) is 12.1 Å². The van der Waals surface area contributed by atoms with E-state index in [4.69, 9.17) is 12.2 Å². The summed E-state index contributed by atoms with van der Waals surface area (Å²) in [5.74, 6) is 0. The Hall–Kier alpha value is -0.310. The van der Waals surface area contributed by atoms with Gasteiger partial charge in [-0.15, -0.1) is 0 Å². The van der Waals surface area contributed by atoms with E-state index in [-0.39, 0.29) is 0 Å². The molecule has 1 rings (SSSR count). The van der Waals surface area contributed by atoms with Crippen LogP contribution in [0.2, 0.25) is 0 Å². The number of hydrogen-bond donors (Lipinski definition) is 1. The van der Waals surface area contributed by atoms with Crippen LogP contribution in [0.3, 0.4) is 0 Å². The first kappa shape index (κ1) is 12.8. The van der Waals surface area contributed by atoms with Crippen LogP contribution in [0.1, 0.15) is 52.9 Å². The van der Waals surface area contributed by atoms with Crippen molar-refractivity contribution in [3.8, 4) is 0 Å². The van der Waals surface area contributed by atoms with Crippen LogP contribution in [0.25, 0.3) is 0 Å². The second-order valence-corrected chi connectivity index (χ2v) is 5.05. The van der Waals surface area contributed by atoms with Gasteiger partial charge in [0.15, 0.2) is 5.11 Å². The molecule has 1 aliphatic carbocycles. The van der Waals surface area contributed by atoms with Crippen LogP contribution < -0.4 is 5.32 Å². The van der Waals surface area contributed by atoms with Crippen LogP contribution in [0, 0.1) is 0 Å². The van der Waals surface area contributed by atoms with E-state index in [0.717, 1.165) is 11.7 Å². The number of hydrogen-bond acceptors (Lipinski definition) is 1. The first-order valence-electron chi connectivity index (χ1n) is 6.22. The van der Waals surface area contributed by atoms with Gasteiger partial charge in [0.1, 0.15) is 0 Å². The Labute approximate surface area is 99.4 Å². The third-order valence-electron chi connectivity index (χ3n) is 3.16. The third-order valence-corrected chi connectivity index (χ3v) is 3.51. The summed E-state index contributed by atoms with van der Waals surface area (Å²) in [5, 5.41) is 4.45. The molecule has 1 N–H and O–H groups in total. The number of nitrogens with one attached hydrogen (secondary N) is 1. The Morgan fingerprint density at radius 3 is 2.40 bits per heavy atom. The lowest BCUT2D eigenvalue weighted by Gasteiger charge is -2.32. The van der Waals surface area contributed by atoms with Gasteiger partial charge in [-0.3, -0.25) is 0 Å². The van der Waals surface area contributed by atoms with Crippen molar-refractivity contribution in [3.63, 3.8) is 0 Å². The quantitative estimate of drug-likeness (QED) is 0.748. The van der Waals surface area contributed by atoms with E-state index < -0.39 is 0 Å². The van der Waals surface area contributed by atoms with Crippen molar-refractivity contribution in [1.29, 1.82) is 0 Å². The second kappa shape index (κ2) is 6.31. The number of nitrogens with zero attached hydrogens (tertiary/aromatic N) is 1. The molecule has 0 aromatic carbocycles. The molecule has 0 aliphatic heterocycles. The van der Waals surface area contributed by atoms with Crippen molar-refractivity contribution >= 4 is 17.3 Å². The van der Waals surface area contributed by atoms with Crippen molar-refractivity contribution in [2.24, 2.45) is 0 Å². The molecule has 0 unspecified atom stereocenters. The van der Waals surface area contributed by atoms with Gasteiger partial charge in [-0.2, -0.15) is 0 Å². The highest BCUT2D eigenvalue weighted by Crippen LogP contribution is 2.17. The lowest BCUT2D eigenvalue weighted by Crippen LogP contribution is -2.47. The van der Waals surface area contributed by atoms with Crippen molar-refractivity contribution in [3.05, 3.63) is 0 Å². The average molecular weight is 228 g/mol. The molecule has 1 aliphatic rings. The van der Waals surface area contributed by atoms with Crippen LogP contribution in [0.15, 0.2) is 0 Å². The molecule has 0 radical (unpaired) electrons. The first-order chi connectivity index (χ1) is 7.15. The zero-order valence-electron chi connectivity index (χ0n) is 10.3. The zero-order chi connectivity index (χ0) is 11.3. The van der Waals surface area contributed by atoms with Gasteiger partial charge in [-0.25, -0.2) is 0 Å². The van der Waals surface area contributed by atoms with Gasteiger partial charge in [-0.1, -0.05) is 19.3 Å². The highest BCUT2D eigenvalue weighted by molar-refractivity contribution is 7.80. The molecular formula is C12H24N2S. The molecule has 1 saturated carbocycles. The van der Waals surface area contributed by atoms with E-state index in [1.807, 2.05) is 0 Å². The summed E-state index contributed by atoms with van der Waals surface area (Å²) in [6, 6.07) is 1.12. The zero-order valence-corrected chi connectivity index (χ0v) is 11.1. The maximum atomic E-state index is 5.45. The second-order valence-electron chi connectivity index (χ2n) is 4.66. The van der Waals surface area contributed by atoms with E-state index in [9.17, 15) is 0 Å². The van der Waals surface area contributed by atoms with Gasteiger partial charge in [0.25, 0.3) is 0 Å². The topological polar surface area (TPSA) is 15.3 Å². The predicted molar refractivity (Wildman–Crippen MR) is 70.1 cm³/mol. The lowest BCUT2D eigenvalue weighted by molar-refractivity contribution is 0.340. The largest absolute Gasteiger partial charge is 0.360 e. The Morgan fingerprint density at radius 1 is 1.33 bits per heavy atom.